The number of anilines is 1. The number of para-hydroxylation sites is 1. The molecule has 0 bridgehead atoms. The number of amides is 1. The molecule has 0 saturated carbocycles. The van der Waals surface area contributed by atoms with Crippen molar-refractivity contribution in [3.8, 4) is 0 Å². The Morgan fingerprint density at radius 3 is 2.24 bits per heavy atom. The molecule has 1 aliphatic heterocycles. The van der Waals surface area contributed by atoms with Gasteiger partial charge in [-0.3, -0.25) is 4.79 Å². The van der Waals surface area contributed by atoms with E-state index in [2.05, 4.69) is 18.1 Å². The molecular formula is C21H16N2OS. The Morgan fingerprint density at radius 1 is 0.920 bits per heavy atom. The lowest BCUT2D eigenvalue weighted by molar-refractivity contribution is -0.114. The van der Waals surface area contributed by atoms with Crippen molar-refractivity contribution in [1.29, 1.82) is 0 Å². The fourth-order valence-electron chi connectivity index (χ4n) is 2.77. The van der Waals surface area contributed by atoms with Gasteiger partial charge in [0.25, 0.3) is 5.91 Å². The summed E-state index contributed by atoms with van der Waals surface area (Å²) < 4.78 is 0. The first-order valence-corrected chi connectivity index (χ1v) is 8.86. The molecule has 25 heavy (non-hydrogen) atoms. The van der Waals surface area contributed by atoms with Crippen LogP contribution in [0.3, 0.4) is 0 Å². The topological polar surface area (TPSA) is 32.7 Å². The predicted octanol–water partition coefficient (Wildman–Crippen LogP) is 4.89. The molecule has 2 heterocycles. The van der Waals surface area contributed by atoms with Crippen molar-refractivity contribution in [2.75, 3.05) is 5.01 Å². The van der Waals surface area contributed by atoms with Crippen molar-refractivity contribution in [3.05, 3.63) is 93.7 Å². The lowest BCUT2D eigenvalue weighted by Crippen LogP contribution is -2.21. The van der Waals surface area contributed by atoms with Crippen molar-refractivity contribution < 1.29 is 4.79 Å². The largest absolute Gasteiger partial charge is 0.281 e. The van der Waals surface area contributed by atoms with Crippen LogP contribution >= 0.6 is 11.3 Å². The first kappa shape index (κ1) is 15.5. The second-order valence-corrected chi connectivity index (χ2v) is 7.09. The van der Waals surface area contributed by atoms with E-state index in [0.717, 1.165) is 16.1 Å². The zero-order valence-electron chi connectivity index (χ0n) is 13.7. The lowest BCUT2D eigenvalue weighted by atomic mass is 10.0. The van der Waals surface area contributed by atoms with E-state index < -0.39 is 0 Å². The number of hydrogen-bond donors (Lipinski definition) is 0. The van der Waals surface area contributed by atoms with Gasteiger partial charge >= 0.3 is 0 Å². The van der Waals surface area contributed by atoms with Gasteiger partial charge in [0.15, 0.2) is 0 Å². The SMILES string of the molecule is Cc1ccc(/C=C2\C(=O)N(c3ccccc3)N=C2c2ccccc2)s1. The Kier molecular flexibility index (Phi) is 4.04. The summed E-state index contributed by atoms with van der Waals surface area (Å²) in [4.78, 5) is 15.3. The monoisotopic (exact) mass is 344 g/mol. The van der Waals surface area contributed by atoms with Crippen LogP contribution in [-0.4, -0.2) is 11.6 Å². The zero-order chi connectivity index (χ0) is 17.2. The van der Waals surface area contributed by atoms with Crippen LogP contribution in [0, 0.1) is 6.92 Å². The van der Waals surface area contributed by atoms with Crippen molar-refractivity contribution in [2.45, 2.75) is 6.92 Å². The van der Waals surface area contributed by atoms with Crippen LogP contribution in [0.1, 0.15) is 15.3 Å². The number of hydrogen-bond acceptors (Lipinski definition) is 3. The molecule has 0 saturated heterocycles. The normalized spacial score (nSPS) is 15.7. The molecule has 2 aromatic carbocycles. The highest BCUT2D eigenvalue weighted by atomic mass is 32.1. The number of nitrogens with zero attached hydrogens (tertiary/aromatic N) is 2. The molecule has 3 aromatic rings. The van der Waals surface area contributed by atoms with E-state index in [4.69, 9.17) is 0 Å². The molecule has 0 atom stereocenters. The Labute approximate surface area is 150 Å². The van der Waals surface area contributed by atoms with Crippen molar-refractivity contribution in [2.24, 2.45) is 5.10 Å². The second kappa shape index (κ2) is 6.49. The van der Waals surface area contributed by atoms with Crippen LogP contribution in [-0.2, 0) is 4.79 Å². The average Bonchev–Trinajstić information content (AvgIpc) is 3.21. The summed E-state index contributed by atoms with van der Waals surface area (Å²) in [5, 5.41) is 6.11. The van der Waals surface area contributed by atoms with E-state index >= 15 is 0 Å². The zero-order valence-corrected chi connectivity index (χ0v) is 14.5. The molecule has 0 N–H and O–H groups in total. The standard InChI is InChI=1S/C21H16N2OS/c1-15-12-13-18(25-15)14-19-20(16-8-4-2-5-9-16)22-23(21(19)24)17-10-6-3-7-11-17/h2-14H,1H3/b19-14-. The van der Waals surface area contributed by atoms with E-state index in [9.17, 15) is 4.79 Å². The van der Waals surface area contributed by atoms with Gasteiger partial charge in [0.2, 0.25) is 0 Å². The Morgan fingerprint density at radius 2 is 1.60 bits per heavy atom. The van der Waals surface area contributed by atoms with Crippen LogP contribution in [0.4, 0.5) is 5.69 Å². The molecule has 1 aliphatic rings. The summed E-state index contributed by atoms with van der Waals surface area (Å²) in [6.07, 6.45) is 1.94. The molecule has 3 nitrogen and oxygen atoms in total. The molecule has 122 valence electrons. The van der Waals surface area contributed by atoms with Gasteiger partial charge in [0.05, 0.1) is 11.3 Å². The van der Waals surface area contributed by atoms with E-state index in [0.29, 0.717) is 11.3 Å². The van der Waals surface area contributed by atoms with Crippen LogP contribution in [0.2, 0.25) is 0 Å². The van der Waals surface area contributed by atoms with E-state index in [1.165, 1.54) is 9.89 Å². The van der Waals surface area contributed by atoms with Gasteiger partial charge in [-0.2, -0.15) is 10.1 Å². The van der Waals surface area contributed by atoms with E-state index in [1.807, 2.05) is 72.8 Å². The molecule has 1 amide bonds. The van der Waals surface area contributed by atoms with Gasteiger partial charge in [-0.25, -0.2) is 0 Å². The minimum Gasteiger partial charge on any atom is -0.267 e. The predicted molar refractivity (Wildman–Crippen MR) is 104 cm³/mol. The molecule has 4 rings (SSSR count). The number of carbonyl (C=O) groups is 1. The molecule has 0 fully saturated rings. The Hall–Kier alpha value is -2.98. The van der Waals surface area contributed by atoms with E-state index in [-0.39, 0.29) is 5.91 Å². The molecule has 0 unspecified atom stereocenters. The van der Waals surface area contributed by atoms with Crippen LogP contribution in [0.25, 0.3) is 6.08 Å². The number of thiophene rings is 1. The highest BCUT2D eigenvalue weighted by Gasteiger charge is 2.31. The third kappa shape index (κ3) is 3.04. The number of aryl methyl sites for hydroxylation is 1. The second-order valence-electron chi connectivity index (χ2n) is 5.77. The van der Waals surface area contributed by atoms with Crippen molar-refractivity contribution >= 4 is 34.7 Å². The maximum Gasteiger partial charge on any atom is 0.281 e. The maximum absolute atomic E-state index is 13.0. The highest BCUT2D eigenvalue weighted by molar-refractivity contribution is 7.12. The summed E-state index contributed by atoms with van der Waals surface area (Å²) in [6.45, 7) is 2.06. The Balaban J connectivity index is 1.83. The van der Waals surface area contributed by atoms with Gasteiger partial charge in [-0.05, 0) is 37.3 Å². The van der Waals surface area contributed by atoms with E-state index in [1.54, 1.807) is 11.3 Å². The highest BCUT2D eigenvalue weighted by Crippen LogP contribution is 2.29. The summed E-state index contributed by atoms with van der Waals surface area (Å²) in [5.74, 6) is -0.101. The van der Waals surface area contributed by atoms with Gasteiger partial charge in [0, 0.05) is 15.3 Å². The molecule has 0 radical (unpaired) electrons. The Bertz CT molecular complexity index is 971. The number of benzene rings is 2. The third-order valence-electron chi connectivity index (χ3n) is 3.97. The average molecular weight is 344 g/mol. The minimum absolute atomic E-state index is 0.101. The fraction of sp³-hybridized carbons (Fsp3) is 0.0476. The minimum atomic E-state index is -0.101. The van der Waals surface area contributed by atoms with Gasteiger partial charge in [-0.15, -0.1) is 11.3 Å². The summed E-state index contributed by atoms with van der Waals surface area (Å²) in [7, 11) is 0. The molecule has 1 aromatic heterocycles. The van der Waals surface area contributed by atoms with Crippen LogP contribution in [0.5, 0.6) is 0 Å². The summed E-state index contributed by atoms with van der Waals surface area (Å²) in [5.41, 5.74) is 3.04. The van der Waals surface area contributed by atoms with Crippen LogP contribution < -0.4 is 5.01 Å². The third-order valence-corrected chi connectivity index (χ3v) is 4.92. The molecule has 4 heteroatoms. The number of carbonyl (C=O) groups excluding carboxylic acids is 1. The van der Waals surface area contributed by atoms with Gasteiger partial charge in [-0.1, -0.05) is 48.5 Å². The molecular weight excluding hydrogens is 328 g/mol. The van der Waals surface area contributed by atoms with Crippen LogP contribution in [0.15, 0.2) is 83.5 Å². The summed E-state index contributed by atoms with van der Waals surface area (Å²) >= 11 is 1.67. The van der Waals surface area contributed by atoms with Gasteiger partial charge < -0.3 is 0 Å². The first-order chi connectivity index (χ1) is 12.2. The molecule has 0 spiro atoms. The number of hydrazone groups is 1. The molecule has 0 aliphatic carbocycles. The smallest absolute Gasteiger partial charge is 0.267 e. The van der Waals surface area contributed by atoms with Crippen molar-refractivity contribution in [1.82, 2.24) is 0 Å². The first-order valence-electron chi connectivity index (χ1n) is 8.04. The quantitative estimate of drug-likeness (QED) is 0.623. The van der Waals surface area contributed by atoms with Gasteiger partial charge in [0.1, 0.15) is 5.71 Å². The fourth-order valence-corrected chi connectivity index (χ4v) is 3.59. The summed E-state index contributed by atoms with van der Waals surface area (Å²) in [6, 6.07) is 23.5. The van der Waals surface area contributed by atoms with Crippen molar-refractivity contribution in [3.63, 3.8) is 0 Å². The lowest BCUT2D eigenvalue weighted by Gasteiger charge is -2.10. The number of rotatable bonds is 3. The maximum atomic E-state index is 13.0.